The number of rotatable bonds is 2. The molecule has 1 aliphatic heterocycles. The molecule has 0 amide bonds. The maximum absolute atomic E-state index is 13.6. The van der Waals surface area contributed by atoms with E-state index in [0.717, 1.165) is 58.4 Å². The molecule has 1 aromatic heterocycles. The third-order valence-corrected chi connectivity index (χ3v) is 7.37. The Morgan fingerprint density at radius 1 is 1.20 bits per heavy atom. The highest BCUT2D eigenvalue weighted by Crippen LogP contribution is 2.44. The van der Waals surface area contributed by atoms with Gasteiger partial charge in [0.25, 0.3) is 0 Å². The molecular weight excluding hydrogens is 390 g/mol. The summed E-state index contributed by atoms with van der Waals surface area (Å²) in [7, 11) is 0. The maximum atomic E-state index is 13.6. The molecule has 150 valence electrons. The molecular formula is C25H23N3OS. The van der Waals surface area contributed by atoms with Crippen LogP contribution in [0.5, 0.6) is 0 Å². The molecule has 0 saturated heterocycles. The summed E-state index contributed by atoms with van der Waals surface area (Å²) in [5.41, 5.74) is 7.11. The fourth-order valence-corrected chi connectivity index (χ4v) is 5.29. The van der Waals surface area contributed by atoms with Gasteiger partial charge in [-0.15, -0.1) is 0 Å². The average molecular weight is 414 g/mol. The monoisotopic (exact) mass is 413 g/mol. The number of fused-ring (bicyclic) bond motifs is 4. The Morgan fingerprint density at radius 3 is 2.73 bits per heavy atom. The first-order valence-corrected chi connectivity index (χ1v) is 11.4. The highest BCUT2D eigenvalue weighted by Gasteiger charge is 2.39. The lowest BCUT2D eigenvalue weighted by molar-refractivity contribution is 0.103. The number of aromatic amines is 1. The molecule has 0 fully saturated rings. The van der Waals surface area contributed by atoms with E-state index in [1.165, 1.54) is 5.57 Å². The van der Waals surface area contributed by atoms with Gasteiger partial charge in [0, 0.05) is 40.7 Å². The van der Waals surface area contributed by atoms with E-state index in [2.05, 4.69) is 59.7 Å². The Labute approximate surface area is 180 Å². The van der Waals surface area contributed by atoms with Crippen molar-refractivity contribution in [3.8, 4) is 6.07 Å². The van der Waals surface area contributed by atoms with Gasteiger partial charge < -0.3 is 4.98 Å². The molecule has 0 radical (unpaired) electrons. The molecule has 0 unspecified atom stereocenters. The van der Waals surface area contributed by atoms with Crippen LogP contribution in [-0.4, -0.2) is 34.4 Å². The van der Waals surface area contributed by atoms with Gasteiger partial charge in [-0.05, 0) is 47.6 Å². The SMILES string of the molecule is CSN1CC=C(c2ccc3c(c2)C(=O)c2c([nH]c4cc(C#N)ccc24)C3(C)C)CC1. The number of H-pyrrole nitrogens is 1. The number of carbonyl (C=O) groups is 1. The molecule has 2 heterocycles. The van der Waals surface area contributed by atoms with E-state index in [4.69, 9.17) is 0 Å². The first-order valence-electron chi connectivity index (χ1n) is 10.2. The van der Waals surface area contributed by atoms with Crippen LogP contribution < -0.4 is 0 Å². The van der Waals surface area contributed by atoms with Crippen LogP contribution in [0.2, 0.25) is 0 Å². The average Bonchev–Trinajstić information content (AvgIpc) is 3.17. The maximum Gasteiger partial charge on any atom is 0.195 e. The number of ketones is 1. The summed E-state index contributed by atoms with van der Waals surface area (Å²) < 4.78 is 2.34. The van der Waals surface area contributed by atoms with Crippen molar-refractivity contribution in [2.75, 3.05) is 19.3 Å². The lowest BCUT2D eigenvalue weighted by atomic mass is 9.70. The van der Waals surface area contributed by atoms with Gasteiger partial charge in [0.15, 0.2) is 5.78 Å². The van der Waals surface area contributed by atoms with Gasteiger partial charge >= 0.3 is 0 Å². The highest BCUT2D eigenvalue weighted by molar-refractivity contribution is 7.96. The highest BCUT2D eigenvalue weighted by atomic mass is 32.2. The van der Waals surface area contributed by atoms with Crippen LogP contribution in [0.15, 0.2) is 42.5 Å². The van der Waals surface area contributed by atoms with E-state index in [1.807, 2.05) is 12.1 Å². The molecule has 2 aliphatic rings. The summed E-state index contributed by atoms with van der Waals surface area (Å²) in [5, 5.41) is 10.1. The van der Waals surface area contributed by atoms with Crippen LogP contribution in [0.4, 0.5) is 0 Å². The third-order valence-electron chi connectivity index (χ3n) is 6.52. The summed E-state index contributed by atoms with van der Waals surface area (Å²) in [4.78, 5) is 17.1. The fraction of sp³-hybridized carbons (Fsp3) is 0.280. The molecule has 0 atom stereocenters. The zero-order chi connectivity index (χ0) is 21.0. The number of aromatic nitrogens is 1. The molecule has 5 rings (SSSR count). The summed E-state index contributed by atoms with van der Waals surface area (Å²) in [6, 6.07) is 14.1. The van der Waals surface area contributed by atoms with Crippen LogP contribution in [0, 0.1) is 11.3 Å². The largest absolute Gasteiger partial charge is 0.357 e. The molecule has 1 N–H and O–H groups in total. The standard InChI is InChI=1S/C25H23N3OS/c1-25(2)20-7-5-17(16-8-10-28(30-3)11-9-16)13-19(20)23(29)22-18-6-4-15(14-26)12-21(18)27-24(22)25/h4-8,12-13,27H,9-11H2,1-3H3. The van der Waals surface area contributed by atoms with Crippen molar-refractivity contribution < 1.29 is 4.79 Å². The summed E-state index contributed by atoms with van der Waals surface area (Å²) in [6.45, 7) is 6.28. The van der Waals surface area contributed by atoms with E-state index in [-0.39, 0.29) is 11.2 Å². The van der Waals surface area contributed by atoms with E-state index < -0.39 is 0 Å². The number of nitrogens with zero attached hydrogens (tertiary/aromatic N) is 2. The molecule has 0 spiro atoms. The molecule has 3 aromatic rings. The number of hydrogen-bond donors (Lipinski definition) is 1. The lowest BCUT2D eigenvalue weighted by Crippen LogP contribution is -2.30. The van der Waals surface area contributed by atoms with E-state index >= 15 is 0 Å². The van der Waals surface area contributed by atoms with Gasteiger partial charge in [-0.1, -0.05) is 50.1 Å². The van der Waals surface area contributed by atoms with Crippen molar-refractivity contribution in [1.29, 1.82) is 5.26 Å². The molecule has 5 heteroatoms. The zero-order valence-electron chi connectivity index (χ0n) is 17.4. The Bertz CT molecular complexity index is 1280. The second-order valence-corrected chi connectivity index (χ2v) is 9.39. The number of nitrogens with one attached hydrogen (secondary N) is 1. The third kappa shape index (κ3) is 2.75. The van der Waals surface area contributed by atoms with Crippen molar-refractivity contribution >= 4 is 34.2 Å². The first-order chi connectivity index (χ1) is 14.4. The number of hydrogen-bond acceptors (Lipinski definition) is 4. The Kier molecular flexibility index (Phi) is 4.39. The van der Waals surface area contributed by atoms with Crippen molar-refractivity contribution in [3.05, 3.63) is 76.0 Å². The molecule has 30 heavy (non-hydrogen) atoms. The zero-order valence-corrected chi connectivity index (χ0v) is 18.2. The van der Waals surface area contributed by atoms with Crippen molar-refractivity contribution in [3.63, 3.8) is 0 Å². The Hall–Kier alpha value is -2.81. The van der Waals surface area contributed by atoms with Gasteiger partial charge in [0.05, 0.1) is 17.2 Å². The van der Waals surface area contributed by atoms with Crippen molar-refractivity contribution in [2.45, 2.75) is 25.7 Å². The van der Waals surface area contributed by atoms with Gasteiger partial charge in [-0.25, -0.2) is 4.31 Å². The lowest BCUT2D eigenvalue weighted by Gasteiger charge is -2.33. The van der Waals surface area contributed by atoms with Gasteiger partial charge in [-0.3, -0.25) is 4.79 Å². The van der Waals surface area contributed by atoms with E-state index in [0.29, 0.717) is 5.56 Å². The van der Waals surface area contributed by atoms with Crippen LogP contribution >= 0.6 is 11.9 Å². The van der Waals surface area contributed by atoms with Gasteiger partial charge in [0.1, 0.15) is 0 Å². The summed E-state index contributed by atoms with van der Waals surface area (Å²) in [6.07, 6.45) is 5.38. The molecule has 1 aliphatic carbocycles. The van der Waals surface area contributed by atoms with E-state index in [1.54, 1.807) is 18.0 Å². The molecule has 0 saturated carbocycles. The predicted octanol–water partition coefficient (Wildman–Crippen LogP) is 5.28. The van der Waals surface area contributed by atoms with Crippen LogP contribution in [0.1, 0.15) is 58.6 Å². The Morgan fingerprint density at radius 2 is 2.03 bits per heavy atom. The van der Waals surface area contributed by atoms with Crippen LogP contribution in [-0.2, 0) is 5.41 Å². The van der Waals surface area contributed by atoms with E-state index in [9.17, 15) is 10.1 Å². The van der Waals surface area contributed by atoms with Crippen LogP contribution in [0.3, 0.4) is 0 Å². The summed E-state index contributed by atoms with van der Waals surface area (Å²) in [5.74, 6) is 0.0688. The fourth-order valence-electron chi connectivity index (χ4n) is 4.80. The molecule has 2 aromatic carbocycles. The number of benzene rings is 2. The number of carbonyl (C=O) groups excluding carboxylic acids is 1. The topological polar surface area (TPSA) is 59.9 Å². The minimum Gasteiger partial charge on any atom is -0.357 e. The second kappa shape index (κ2) is 6.87. The van der Waals surface area contributed by atoms with Gasteiger partial charge in [-0.2, -0.15) is 5.26 Å². The summed E-state index contributed by atoms with van der Waals surface area (Å²) >= 11 is 1.77. The first kappa shape index (κ1) is 19.2. The molecule has 4 nitrogen and oxygen atoms in total. The van der Waals surface area contributed by atoms with Gasteiger partial charge in [0.2, 0.25) is 0 Å². The Balaban J connectivity index is 1.65. The number of nitriles is 1. The quantitative estimate of drug-likeness (QED) is 0.581. The predicted molar refractivity (Wildman–Crippen MR) is 123 cm³/mol. The minimum atomic E-state index is -0.320. The normalized spacial score (nSPS) is 17.9. The van der Waals surface area contributed by atoms with Crippen molar-refractivity contribution in [1.82, 2.24) is 9.29 Å². The smallest absolute Gasteiger partial charge is 0.195 e. The van der Waals surface area contributed by atoms with Crippen molar-refractivity contribution in [2.24, 2.45) is 0 Å². The van der Waals surface area contributed by atoms with Crippen LogP contribution in [0.25, 0.3) is 16.5 Å². The second-order valence-electron chi connectivity index (χ2n) is 8.51. The minimum absolute atomic E-state index is 0.0688. The molecule has 0 bridgehead atoms.